The van der Waals surface area contributed by atoms with Gasteiger partial charge in [0, 0.05) is 41.8 Å². The van der Waals surface area contributed by atoms with E-state index in [-0.39, 0.29) is 10.6 Å². The Balaban J connectivity index is 1.97. The van der Waals surface area contributed by atoms with E-state index in [4.69, 9.17) is 0 Å². The molecule has 0 fully saturated rings. The Bertz CT molecular complexity index is 1160. The maximum Gasteiger partial charge on any atom is 0.250 e. The normalized spacial score (nSPS) is 11.9. The number of aryl methyl sites for hydroxylation is 2. The standard InChI is InChI=1S/C20H24N4O3S/c1-5-10-23-13-17(6-9-20(23)25)24-12-16(11-21-24)18-7-8-19(22-15(18)4)28(26,27)14(2)3/h6-9,11-14H,5,10H2,1-4H3. The van der Waals surface area contributed by atoms with E-state index < -0.39 is 15.1 Å². The van der Waals surface area contributed by atoms with Gasteiger partial charge in [-0.2, -0.15) is 5.10 Å². The van der Waals surface area contributed by atoms with Crippen LogP contribution in [-0.2, 0) is 16.4 Å². The average Bonchev–Trinajstić information content (AvgIpc) is 3.13. The first-order valence-electron chi connectivity index (χ1n) is 9.21. The molecule has 0 spiro atoms. The van der Waals surface area contributed by atoms with Crippen LogP contribution in [0.5, 0.6) is 0 Å². The summed E-state index contributed by atoms with van der Waals surface area (Å²) >= 11 is 0. The van der Waals surface area contributed by atoms with Crippen LogP contribution in [0.4, 0.5) is 0 Å². The summed E-state index contributed by atoms with van der Waals surface area (Å²) in [6.07, 6.45) is 6.20. The number of nitrogens with zero attached hydrogens (tertiary/aromatic N) is 4. The molecule has 8 heteroatoms. The van der Waals surface area contributed by atoms with Crippen LogP contribution < -0.4 is 5.56 Å². The highest BCUT2D eigenvalue weighted by Crippen LogP contribution is 2.25. The first-order chi connectivity index (χ1) is 13.2. The van der Waals surface area contributed by atoms with E-state index in [1.54, 1.807) is 54.5 Å². The summed E-state index contributed by atoms with van der Waals surface area (Å²) in [6.45, 7) is 7.73. The van der Waals surface area contributed by atoms with Crippen LogP contribution in [0, 0.1) is 6.92 Å². The van der Waals surface area contributed by atoms with Crippen molar-refractivity contribution in [3.63, 3.8) is 0 Å². The van der Waals surface area contributed by atoms with Gasteiger partial charge in [0.05, 0.1) is 17.1 Å². The van der Waals surface area contributed by atoms with E-state index in [2.05, 4.69) is 10.1 Å². The highest BCUT2D eigenvalue weighted by Gasteiger charge is 2.21. The van der Waals surface area contributed by atoms with E-state index in [1.807, 2.05) is 13.1 Å². The third-order valence-electron chi connectivity index (χ3n) is 4.56. The molecular weight excluding hydrogens is 376 g/mol. The smallest absolute Gasteiger partial charge is 0.250 e. The van der Waals surface area contributed by atoms with Crippen molar-refractivity contribution >= 4 is 9.84 Å². The molecule has 3 aromatic rings. The number of pyridine rings is 2. The molecule has 0 atom stereocenters. The van der Waals surface area contributed by atoms with Crippen molar-refractivity contribution in [1.82, 2.24) is 19.3 Å². The Kier molecular flexibility index (Phi) is 5.51. The van der Waals surface area contributed by atoms with Gasteiger partial charge in [0.1, 0.15) is 0 Å². The molecule has 0 aliphatic carbocycles. The predicted octanol–water partition coefficient (Wildman–Crippen LogP) is 3.00. The molecule has 0 amide bonds. The summed E-state index contributed by atoms with van der Waals surface area (Å²) in [6, 6.07) is 6.56. The summed E-state index contributed by atoms with van der Waals surface area (Å²) in [4.78, 5) is 16.2. The zero-order valence-corrected chi connectivity index (χ0v) is 17.3. The molecule has 3 heterocycles. The van der Waals surface area contributed by atoms with Gasteiger partial charge < -0.3 is 4.57 Å². The fourth-order valence-corrected chi connectivity index (χ4v) is 3.92. The molecule has 28 heavy (non-hydrogen) atoms. The molecule has 148 valence electrons. The number of hydrogen-bond acceptors (Lipinski definition) is 5. The summed E-state index contributed by atoms with van der Waals surface area (Å²) in [7, 11) is -3.41. The molecular formula is C20H24N4O3S. The topological polar surface area (TPSA) is 86.8 Å². The van der Waals surface area contributed by atoms with E-state index >= 15 is 0 Å². The van der Waals surface area contributed by atoms with Crippen LogP contribution in [0.15, 0.2) is 52.7 Å². The van der Waals surface area contributed by atoms with Crippen LogP contribution in [0.25, 0.3) is 16.8 Å². The second-order valence-electron chi connectivity index (χ2n) is 6.97. The van der Waals surface area contributed by atoms with Crippen molar-refractivity contribution in [1.29, 1.82) is 0 Å². The summed E-state index contributed by atoms with van der Waals surface area (Å²) in [5, 5.41) is 3.95. The first-order valence-corrected chi connectivity index (χ1v) is 10.8. The van der Waals surface area contributed by atoms with Gasteiger partial charge in [-0.05, 0) is 45.4 Å². The van der Waals surface area contributed by atoms with Gasteiger partial charge in [-0.1, -0.05) is 6.92 Å². The Labute approximate surface area is 164 Å². The molecule has 7 nitrogen and oxygen atoms in total. The van der Waals surface area contributed by atoms with E-state index in [0.717, 1.165) is 23.2 Å². The molecule has 0 radical (unpaired) electrons. The van der Waals surface area contributed by atoms with Crippen molar-refractivity contribution < 1.29 is 8.42 Å². The van der Waals surface area contributed by atoms with Gasteiger partial charge in [-0.15, -0.1) is 0 Å². The molecule has 0 bridgehead atoms. The van der Waals surface area contributed by atoms with Crippen LogP contribution in [0.1, 0.15) is 32.9 Å². The Hall–Kier alpha value is -2.74. The quantitative estimate of drug-likeness (QED) is 0.635. The van der Waals surface area contributed by atoms with Crippen molar-refractivity contribution in [3.8, 4) is 16.8 Å². The number of rotatable bonds is 6. The summed E-state index contributed by atoms with van der Waals surface area (Å²) in [5.74, 6) is 0. The van der Waals surface area contributed by atoms with Crippen LogP contribution >= 0.6 is 0 Å². The highest BCUT2D eigenvalue weighted by molar-refractivity contribution is 7.91. The first kappa shape index (κ1) is 20.0. The fourth-order valence-electron chi connectivity index (χ4n) is 2.92. The van der Waals surface area contributed by atoms with Gasteiger partial charge >= 0.3 is 0 Å². The lowest BCUT2D eigenvalue weighted by Crippen LogP contribution is -2.19. The predicted molar refractivity (Wildman–Crippen MR) is 108 cm³/mol. The van der Waals surface area contributed by atoms with Gasteiger partial charge in [-0.3, -0.25) is 4.79 Å². The molecule has 3 aromatic heterocycles. The van der Waals surface area contributed by atoms with Crippen molar-refractivity contribution in [2.45, 2.75) is 50.9 Å². The van der Waals surface area contributed by atoms with Gasteiger partial charge in [0.15, 0.2) is 14.9 Å². The molecule has 0 aromatic carbocycles. The second kappa shape index (κ2) is 7.71. The van der Waals surface area contributed by atoms with Crippen molar-refractivity contribution in [2.75, 3.05) is 0 Å². The molecule has 0 saturated carbocycles. The average molecular weight is 401 g/mol. The lowest BCUT2D eigenvalue weighted by atomic mass is 10.1. The SMILES string of the molecule is CCCn1cc(-n2cc(-c3ccc(S(=O)(=O)C(C)C)nc3C)cn2)ccc1=O. The van der Waals surface area contributed by atoms with Gasteiger partial charge in [-0.25, -0.2) is 18.1 Å². The zero-order valence-electron chi connectivity index (χ0n) is 16.5. The summed E-state index contributed by atoms with van der Waals surface area (Å²) in [5.41, 5.74) is 3.00. The van der Waals surface area contributed by atoms with E-state index in [9.17, 15) is 13.2 Å². The molecule has 0 N–H and O–H groups in total. The fraction of sp³-hybridized carbons (Fsp3) is 0.350. The van der Waals surface area contributed by atoms with E-state index in [0.29, 0.717) is 12.2 Å². The maximum atomic E-state index is 12.3. The number of sulfone groups is 1. The zero-order chi connectivity index (χ0) is 20.5. The Morgan fingerprint density at radius 3 is 2.50 bits per heavy atom. The molecule has 0 saturated heterocycles. The second-order valence-corrected chi connectivity index (χ2v) is 9.42. The lowest BCUT2D eigenvalue weighted by Gasteiger charge is -2.09. The third-order valence-corrected chi connectivity index (χ3v) is 6.61. The summed E-state index contributed by atoms with van der Waals surface area (Å²) < 4.78 is 28.0. The largest absolute Gasteiger partial charge is 0.313 e. The van der Waals surface area contributed by atoms with E-state index in [1.165, 1.54) is 12.1 Å². The number of hydrogen-bond donors (Lipinski definition) is 0. The van der Waals surface area contributed by atoms with Crippen LogP contribution in [-0.4, -0.2) is 33.0 Å². The molecule has 0 aliphatic heterocycles. The highest BCUT2D eigenvalue weighted by atomic mass is 32.2. The monoisotopic (exact) mass is 400 g/mol. The lowest BCUT2D eigenvalue weighted by molar-refractivity contribution is 0.583. The molecule has 0 unspecified atom stereocenters. The number of aromatic nitrogens is 4. The minimum Gasteiger partial charge on any atom is -0.313 e. The van der Waals surface area contributed by atoms with Crippen molar-refractivity contribution in [2.24, 2.45) is 0 Å². The van der Waals surface area contributed by atoms with Gasteiger partial charge in [0.2, 0.25) is 0 Å². The van der Waals surface area contributed by atoms with Crippen LogP contribution in [0.3, 0.4) is 0 Å². The van der Waals surface area contributed by atoms with Crippen molar-refractivity contribution in [3.05, 3.63) is 58.9 Å². The third kappa shape index (κ3) is 3.77. The molecule has 0 aliphatic rings. The maximum absolute atomic E-state index is 12.3. The van der Waals surface area contributed by atoms with Crippen LogP contribution in [0.2, 0.25) is 0 Å². The minimum absolute atomic E-state index is 0.0417. The molecule has 3 rings (SSSR count). The minimum atomic E-state index is -3.41. The Morgan fingerprint density at radius 1 is 1.11 bits per heavy atom. The Morgan fingerprint density at radius 2 is 1.86 bits per heavy atom. The van der Waals surface area contributed by atoms with Gasteiger partial charge in [0.25, 0.3) is 5.56 Å².